The predicted molar refractivity (Wildman–Crippen MR) is 90.1 cm³/mol. The number of methoxy groups -OCH3 is 1. The number of nitrogens with one attached hydrogen (secondary N) is 1. The number of pyridine rings is 2. The maximum atomic E-state index is 9.58. The molecule has 3 heterocycles. The minimum Gasteiger partial charge on any atom is -0.497 e. The van der Waals surface area contributed by atoms with Crippen LogP contribution >= 0.6 is 11.3 Å². The van der Waals surface area contributed by atoms with Crippen molar-refractivity contribution >= 4 is 23.0 Å². The molecule has 0 aliphatic carbocycles. The topological polar surface area (TPSA) is 80.2 Å². The van der Waals surface area contributed by atoms with Gasteiger partial charge in [0.2, 0.25) is 0 Å². The first-order chi connectivity index (χ1) is 11.2. The summed E-state index contributed by atoms with van der Waals surface area (Å²) in [6.45, 7) is 1.70. The fraction of sp³-hybridized carbons (Fsp3) is 0.188. The zero-order valence-electron chi connectivity index (χ0n) is 12.7. The van der Waals surface area contributed by atoms with Crippen LogP contribution in [0.25, 0.3) is 10.6 Å². The van der Waals surface area contributed by atoms with E-state index in [0.29, 0.717) is 16.6 Å². The quantitative estimate of drug-likeness (QED) is 0.747. The number of thiazole rings is 1. The fourth-order valence-corrected chi connectivity index (χ4v) is 2.80. The summed E-state index contributed by atoms with van der Waals surface area (Å²) in [4.78, 5) is 13.9. The predicted octanol–water partition coefficient (Wildman–Crippen LogP) is 3.41. The van der Waals surface area contributed by atoms with E-state index in [4.69, 9.17) is 4.74 Å². The van der Waals surface area contributed by atoms with Crippen molar-refractivity contribution in [2.75, 3.05) is 12.4 Å². The second-order valence-corrected chi connectivity index (χ2v) is 5.91. The molecular formula is C16H16N4O2S. The summed E-state index contributed by atoms with van der Waals surface area (Å²) in [5, 5.41) is 13.4. The van der Waals surface area contributed by atoms with E-state index >= 15 is 0 Å². The summed E-state index contributed by atoms with van der Waals surface area (Å²) in [6, 6.07) is 9.26. The van der Waals surface area contributed by atoms with E-state index < -0.39 is 6.10 Å². The van der Waals surface area contributed by atoms with Crippen LogP contribution in [0.4, 0.5) is 11.6 Å². The highest BCUT2D eigenvalue weighted by Crippen LogP contribution is 2.29. The first-order valence-electron chi connectivity index (χ1n) is 7.04. The number of rotatable bonds is 5. The Hall–Kier alpha value is -2.51. The lowest BCUT2D eigenvalue weighted by molar-refractivity contribution is 0.199. The number of ether oxygens (including phenoxy) is 1. The Morgan fingerprint density at radius 3 is 2.83 bits per heavy atom. The molecule has 0 unspecified atom stereocenters. The van der Waals surface area contributed by atoms with E-state index in [1.54, 1.807) is 38.6 Å². The van der Waals surface area contributed by atoms with Gasteiger partial charge in [-0.15, -0.1) is 11.3 Å². The van der Waals surface area contributed by atoms with Gasteiger partial charge in [0.1, 0.15) is 28.5 Å². The molecule has 3 aromatic rings. The van der Waals surface area contributed by atoms with Crippen LogP contribution in [-0.4, -0.2) is 27.2 Å². The van der Waals surface area contributed by atoms with Crippen LogP contribution in [0.15, 0.2) is 42.7 Å². The van der Waals surface area contributed by atoms with Crippen LogP contribution in [-0.2, 0) is 0 Å². The van der Waals surface area contributed by atoms with Crippen molar-refractivity contribution < 1.29 is 9.84 Å². The Balaban J connectivity index is 1.84. The van der Waals surface area contributed by atoms with Crippen LogP contribution in [0.5, 0.6) is 5.75 Å². The lowest BCUT2D eigenvalue weighted by atomic mass is 10.3. The molecular weight excluding hydrogens is 312 g/mol. The molecule has 0 aromatic carbocycles. The second kappa shape index (κ2) is 6.72. The van der Waals surface area contributed by atoms with Crippen molar-refractivity contribution in [3.8, 4) is 16.3 Å². The average Bonchev–Trinajstić information content (AvgIpc) is 3.06. The van der Waals surface area contributed by atoms with E-state index in [-0.39, 0.29) is 0 Å². The Morgan fingerprint density at radius 1 is 1.22 bits per heavy atom. The first-order valence-corrected chi connectivity index (χ1v) is 7.85. The van der Waals surface area contributed by atoms with Gasteiger partial charge in [-0.2, -0.15) is 0 Å². The van der Waals surface area contributed by atoms with Crippen molar-refractivity contribution in [2.24, 2.45) is 0 Å². The zero-order chi connectivity index (χ0) is 16.2. The van der Waals surface area contributed by atoms with Gasteiger partial charge in [0, 0.05) is 18.5 Å². The highest BCUT2D eigenvalue weighted by Gasteiger charge is 2.10. The van der Waals surface area contributed by atoms with E-state index in [0.717, 1.165) is 16.3 Å². The Labute approximate surface area is 137 Å². The normalized spacial score (nSPS) is 12.0. The van der Waals surface area contributed by atoms with Gasteiger partial charge < -0.3 is 15.2 Å². The Morgan fingerprint density at radius 2 is 2.09 bits per heavy atom. The molecule has 3 aromatic heterocycles. The molecule has 0 saturated heterocycles. The zero-order valence-corrected chi connectivity index (χ0v) is 13.5. The van der Waals surface area contributed by atoms with Crippen LogP contribution in [0.1, 0.15) is 18.0 Å². The number of aromatic nitrogens is 3. The maximum absolute atomic E-state index is 9.58. The smallest absolute Gasteiger partial charge is 0.135 e. The minimum atomic E-state index is -0.573. The molecule has 0 aliphatic heterocycles. The molecule has 0 spiro atoms. The molecule has 0 radical (unpaired) electrons. The van der Waals surface area contributed by atoms with Crippen LogP contribution < -0.4 is 10.1 Å². The van der Waals surface area contributed by atoms with Gasteiger partial charge in [0.05, 0.1) is 17.7 Å². The lowest BCUT2D eigenvalue weighted by Gasteiger charge is -2.07. The standard InChI is InChI=1S/C16H16N4O2S/c1-10(21)16-18-9-13(23-16)12-4-3-5-14(19-12)20-15-8-11(22-2)6-7-17-15/h3-10,21H,1-2H3,(H,17,19,20)/t10-/m0/s1. The van der Waals surface area contributed by atoms with Crippen molar-refractivity contribution in [3.63, 3.8) is 0 Å². The number of hydrogen-bond donors (Lipinski definition) is 2. The van der Waals surface area contributed by atoms with Gasteiger partial charge in [0.15, 0.2) is 0 Å². The monoisotopic (exact) mass is 328 g/mol. The highest BCUT2D eigenvalue weighted by molar-refractivity contribution is 7.15. The number of nitrogens with zero attached hydrogens (tertiary/aromatic N) is 3. The van der Waals surface area contributed by atoms with Gasteiger partial charge in [-0.25, -0.2) is 15.0 Å². The average molecular weight is 328 g/mol. The number of hydrogen-bond acceptors (Lipinski definition) is 7. The Bertz CT molecular complexity index is 804. The second-order valence-electron chi connectivity index (χ2n) is 4.85. The van der Waals surface area contributed by atoms with Crippen molar-refractivity contribution in [2.45, 2.75) is 13.0 Å². The number of anilines is 2. The van der Waals surface area contributed by atoms with Gasteiger partial charge in [-0.3, -0.25) is 0 Å². The molecule has 1 atom stereocenters. The maximum Gasteiger partial charge on any atom is 0.135 e. The molecule has 2 N–H and O–H groups in total. The molecule has 6 nitrogen and oxygen atoms in total. The molecule has 0 aliphatic rings. The first kappa shape index (κ1) is 15.4. The summed E-state index contributed by atoms with van der Waals surface area (Å²) < 4.78 is 5.18. The van der Waals surface area contributed by atoms with Crippen molar-refractivity contribution in [1.29, 1.82) is 0 Å². The molecule has 23 heavy (non-hydrogen) atoms. The molecule has 0 saturated carbocycles. The molecule has 3 rings (SSSR count). The molecule has 0 amide bonds. The van der Waals surface area contributed by atoms with Crippen LogP contribution in [0.3, 0.4) is 0 Å². The Kier molecular flexibility index (Phi) is 4.50. The van der Waals surface area contributed by atoms with Gasteiger partial charge in [-0.1, -0.05) is 6.07 Å². The summed E-state index contributed by atoms with van der Waals surface area (Å²) in [5.41, 5.74) is 0.794. The summed E-state index contributed by atoms with van der Waals surface area (Å²) in [6.07, 6.45) is 2.82. The summed E-state index contributed by atoms with van der Waals surface area (Å²) in [7, 11) is 1.61. The van der Waals surface area contributed by atoms with Crippen LogP contribution in [0, 0.1) is 0 Å². The van der Waals surface area contributed by atoms with E-state index in [2.05, 4.69) is 20.3 Å². The van der Waals surface area contributed by atoms with E-state index in [1.165, 1.54) is 11.3 Å². The van der Waals surface area contributed by atoms with Gasteiger partial charge >= 0.3 is 0 Å². The van der Waals surface area contributed by atoms with E-state index in [9.17, 15) is 5.11 Å². The third-order valence-corrected chi connectivity index (χ3v) is 4.30. The lowest BCUT2D eigenvalue weighted by Crippen LogP contribution is -1.97. The van der Waals surface area contributed by atoms with E-state index in [1.807, 2.05) is 18.2 Å². The van der Waals surface area contributed by atoms with Crippen molar-refractivity contribution in [3.05, 3.63) is 47.7 Å². The minimum absolute atomic E-state index is 0.573. The fourth-order valence-electron chi connectivity index (χ4n) is 1.98. The SMILES string of the molecule is COc1ccnc(Nc2cccc(-c3cnc([C@H](C)O)s3)n2)c1. The third-order valence-electron chi connectivity index (χ3n) is 3.11. The molecule has 0 fully saturated rings. The molecule has 0 bridgehead atoms. The number of aliphatic hydroxyl groups is 1. The molecule has 118 valence electrons. The largest absolute Gasteiger partial charge is 0.497 e. The molecule has 7 heteroatoms. The highest BCUT2D eigenvalue weighted by atomic mass is 32.1. The van der Waals surface area contributed by atoms with Gasteiger partial charge in [-0.05, 0) is 25.1 Å². The summed E-state index contributed by atoms with van der Waals surface area (Å²) in [5.74, 6) is 2.06. The number of aliphatic hydroxyl groups excluding tert-OH is 1. The van der Waals surface area contributed by atoms with Gasteiger partial charge in [0.25, 0.3) is 0 Å². The third kappa shape index (κ3) is 3.64. The van der Waals surface area contributed by atoms with Crippen molar-refractivity contribution in [1.82, 2.24) is 15.0 Å². The van der Waals surface area contributed by atoms with Crippen LogP contribution in [0.2, 0.25) is 0 Å². The summed E-state index contributed by atoms with van der Waals surface area (Å²) >= 11 is 1.43.